The van der Waals surface area contributed by atoms with Gasteiger partial charge in [-0.25, -0.2) is 14.2 Å². The highest BCUT2D eigenvalue weighted by Crippen LogP contribution is 2.14. The number of ether oxygens (including phenoxy) is 1. The Morgan fingerprint density at radius 1 is 0.941 bits per heavy atom. The van der Waals surface area contributed by atoms with Crippen LogP contribution in [0.4, 0.5) is 11.6 Å². The van der Waals surface area contributed by atoms with Crippen LogP contribution in [0.3, 0.4) is 0 Å². The van der Waals surface area contributed by atoms with Crippen LogP contribution in [0, 0.1) is 0 Å². The SMILES string of the molecule is COc1ccc(Cn2c(NCc3ccc(N)cn3)nc(=O)n(Cc3ccc(Cl)cc3)c2=O)cc1. The number of nitrogens with two attached hydrogens (primary N) is 1. The molecule has 9 nitrogen and oxygen atoms in total. The molecule has 0 bridgehead atoms. The van der Waals surface area contributed by atoms with E-state index in [1.54, 1.807) is 49.7 Å². The highest BCUT2D eigenvalue weighted by molar-refractivity contribution is 6.30. The van der Waals surface area contributed by atoms with Gasteiger partial charge in [0.05, 0.1) is 44.3 Å². The van der Waals surface area contributed by atoms with E-state index in [-0.39, 0.29) is 25.6 Å². The summed E-state index contributed by atoms with van der Waals surface area (Å²) in [6, 6.07) is 17.8. The molecule has 4 rings (SSSR count). The molecule has 0 atom stereocenters. The monoisotopic (exact) mass is 478 g/mol. The third-order valence-electron chi connectivity index (χ3n) is 5.18. The number of rotatable bonds is 8. The largest absolute Gasteiger partial charge is 0.497 e. The van der Waals surface area contributed by atoms with Gasteiger partial charge in [-0.15, -0.1) is 0 Å². The number of halogens is 1. The number of nitrogens with zero attached hydrogens (tertiary/aromatic N) is 4. The van der Waals surface area contributed by atoms with Crippen molar-refractivity contribution in [1.82, 2.24) is 19.1 Å². The van der Waals surface area contributed by atoms with E-state index in [0.29, 0.717) is 22.2 Å². The summed E-state index contributed by atoms with van der Waals surface area (Å²) in [4.78, 5) is 34.6. The van der Waals surface area contributed by atoms with Gasteiger partial charge in [-0.1, -0.05) is 35.9 Å². The number of nitrogen functional groups attached to an aromatic ring is 1. The van der Waals surface area contributed by atoms with Gasteiger partial charge < -0.3 is 15.8 Å². The number of hydrogen-bond acceptors (Lipinski definition) is 7. The van der Waals surface area contributed by atoms with E-state index in [9.17, 15) is 9.59 Å². The predicted octanol–water partition coefficient (Wildman–Crippen LogP) is 2.75. The molecular formula is C24H23ClN6O3. The van der Waals surface area contributed by atoms with E-state index < -0.39 is 11.4 Å². The van der Waals surface area contributed by atoms with Gasteiger partial charge in [0, 0.05) is 5.02 Å². The van der Waals surface area contributed by atoms with Gasteiger partial charge in [-0.3, -0.25) is 9.55 Å². The predicted molar refractivity (Wildman–Crippen MR) is 131 cm³/mol. The Morgan fingerprint density at radius 3 is 2.21 bits per heavy atom. The van der Waals surface area contributed by atoms with Gasteiger partial charge in [-0.05, 0) is 47.5 Å². The first-order valence-corrected chi connectivity index (χ1v) is 10.8. The van der Waals surface area contributed by atoms with E-state index in [2.05, 4.69) is 15.3 Å². The molecule has 0 unspecified atom stereocenters. The molecule has 34 heavy (non-hydrogen) atoms. The number of pyridine rings is 1. The molecule has 0 aliphatic carbocycles. The highest BCUT2D eigenvalue weighted by Gasteiger charge is 2.14. The number of nitrogens with one attached hydrogen (secondary N) is 1. The van der Waals surface area contributed by atoms with Crippen LogP contribution in [0.1, 0.15) is 16.8 Å². The summed E-state index contributed by atoms with van der Waals surface area (Å²) in [6.45, 7) is 0.536. The Balaban J connectivity index is 1.70. The van der Waals surface area contributed by atoms with Crippen LogP contribution in [-0.2, 0) is 19.6 Å². The van der Waals surface area contributed by atoms with Crippen LogP contribution in [0.25, 0.3) is 0 Å². The lowest BCUT2D eigenvalue weighted by molar-refractivity contribution is 0.414. The summed E-state index contributed by atoms with van der Waals surface area (Å²) < 4.78 is 7.73. The van der Waals surface area contributed by atoms with Crippen molar-refractivity contribution in [2.45, 2.75) is 19.6 Å². The number of benzene rings is 2. The van der Waals surface area contributed by atoms with Crippen LogP contribution in [0.5, 0.6) is 5.75 Å². The molecule has 0 aliphatic rings. The third kappa shape index (κ3) is 5.44. The van der Waals surface area contributed by atoms with Crippen LogP contribution in [0.2, 0.25) is 5.02 Å². The fraction of sp³-hybridized carbons (Fsp3) is 0.167. The lowest BCUT2D eigenvalue weighted by Crippen LogP contribution is -2.43. The summed E-state index contributed by atoms with van der Waals surface area (Å²) in [5.41, 5.74) is 7.38. The lowest BCUT2D eigenvalue weighted by atomic mass is 10.2. The summed E-state index contributed by atoms with van der Waals surface area (Å²) in [5, 5.41) is 3.64. The minimum atomic E-state index is -0.654. The maximum atomic E-state index is 13.4. The van der Waals surface area contributed by atoms with E-state index >= 15 is 0 Å². The molecule has 3 N–H and O–H groups in total. The number of aromatic nitrogens is 4. The molecule has 0 fully saturated rings. The van der Waals surface area contributed by atoms with Crippen molar-refractivity contribution in [3.63, 3.8) is 0 Å². The molecule has 2 aromatic carbocycles. The molecule has 0 spiro atoms. The van der Waals surface area contributed by atoms with Crippen LogP contribution >= 0.6 is 11.6 Å². The van der Waals surface area contributed by atoms with Crippen molar-refractivity contribution in [2.24, 2.45) is 0 Å². The highest BCUT2D eigenvalue weighted by atomic mass is 35.5. The van der Waals surface area contributed by atoms with Crippen molar-refractivity contribution in [2.75, 3.05) is 18.2 Å². The van der Waals surface area contributed by atoms with Crippen molar-refractivity contribution in [1.29, 1.82) is 0 Å². The normalized spacial score (nSPS) is 10.8. The first kappa shape index (κ1) is 23.1. The number of methoxy groups -OCH3 is 1. The van der Waals surface area contributed by atoms with Crippen LogP contribution in [-0.4, -0.2) is 26.2 Å². The van der Waals surface area contributed by atoms with Crippen LogP contribution < -0.4 is 27.2 Å². The van der Waals surface area contributed by atoms with Gasteiger partial charge in [0.1, 0.15) is 5.75 Å². The Morgan fingerprint density at radius 2 is 1.59 bits per heavy atom. The summed E-state index contributed by atoms with van der Waals surface area (Å²) in [7, 11) is 1.59. The van der Waals surface area contributed by atoms with Gasteiger partial charge >= 0.3 is 11.4 Å². The molecule has 4 aromatic rings. The van der Waals surface area contributed by atoms with Crippen LogP contribution in [0.15, 0.2) is 76.4 Å². The standard InChI is InChI=1S/C24H23ClN6O3/c1-34-21-10-4-17(5-11-21)14-30-22(28-13-20-9-8-19(26)12-27-20)29-23(32)31(24(30)33)15-16-2-6-18(25)7-3-16/h2-12H,13-15,26H2,1H3,(H,28,29,32). The minimum Gasteiger partial charge on any atom is -0.497 e. The third-order valence-corrected chi connectivity index (χ3v) is 5.43. The van der Waals surface area contributed by atoms with Gasteiger partial charge in [0.15, 0.2) is 0 Å². The average Bonchev–Trinajstić information content (AvgIpc) is 2.85. The first-order valence-electron chi connectivity index (χ1n) is 10.5. The van der Waals surface area contributed by atoms with Crippen molar-refractivity contribution >= 4 is 23.2 Å². The Hall–Kier alpha value is -4.11. The Bertz CT molecular complexity index is 1380. The lowest BCUT2D eigenvalue weighted by Gasteiger charge is -2.16. The molecule has 2 heterocycles. The molecule has 174 valence electrons. The summed E-state index contributed by atoms with van der Waals surface area (Å²) in [6.07, 6.45) is 1.54. The molecule has 0 radical (unpaired) electrons. The van der Waals surface area contributed by atoms with Crippen molar-refractivity contribution < 1.29 is 4.74 Å². The molecule has 0 aliphatic heterocycles. The van der Waals surface area contributed by atoms with Crippen molar-refractivity contribution in [3.8, 4) is 5.75 Å². The fourth-order valence-corrected chi connectivity index (χ4v) is 3.46. The smallest absolute Gasteiger partial charge is 0.355 e. The quantitative estimate of drug-likeness (QED) is 0.400. The maximum absolute atomic E-state index is 13.4. The molecule has 2 aromatic heterocycles. The first-order chi connectivity index (χ1) is 16.4. The zero-order valence-electron chi connectivity index (χ0n) is 18.4. The average molecular weight is 479 g/mol. The zero-order valence-corrected chi connectivity index (χ0v) is 19.2. The summed E-state index contributed by atoms with van der Waals surface area (Å²) in [5.74, 6) is 0.853. The number of anilines is 2. The second kappa shape index (κ2) is 10.2. The molecule has 0 amide bonds. The zero-order chi connectivity index (χ0) is 24.1. The van der Waals surface area contributed by atoms with E-state index in [1.165, 1.54) is 4.57 Å². The van der Waals surface area contributed by atoms with Gasteiger partial charge in [0.2, 0.25) is 5.95 Å². The molecular weight excluding hydrogens is 456 g/mol. The molecule has 0 saturated carbocycles. The molecule has 0 saturated heterocycles. The van der Waals surface area contributed by atoms with Gasteiger partial charge in [-0.2, -0.15) is 4.98 Å². The van der Waals surface area contributed by atoms with Gasteiger partial charge in [0.25, 0.3) is 0 Å². The fourth-order valence-electron chi connectivity index (χ4n) is 3.34. The second-order valence-electron chi connectivity index (χ2n) is 7.58. The van der Waals surface area contributed by atoms with Crippen molar-refractivity contribution in [3.05, 3.63) is 110 Å². The minimum absolute atomic E-state index is 0.0737. The Labute approximate surface area is 200 Å². The van der Waals surface area contributed by atoms with E-state index in [4.69, 9.17) is 22.1 Å². The topological polar surface area (TPSA) is 117 Å². The second-order valence-corrected chi connectivity index (χ2v) is 8.02. The maximum Gasteiger partial charge on any atom is 0.355 e. The molecule has 10 heteroatoms. The van der Waals surface area contributed by atoms with E-state index in [1.807, 2.05) is 24.3 Å². The summed E-state index contributed by atoms with van der Waals surface area (Å²) >= 11 is 5.95. The Kier molecular flexibility index (Phi) is 6.93. The van der Waals surface area contributed by atoms with E-state index in [0.717, 1.165) is 15.7 Å². The number of hydrogen-bond donors (Lipinski definition) is 2.